The van der Waals surface area contributed by atoms with E-state index in [2.05, 4.69) is 10.4 Å². The van der Waals surface area contributed by atoms with Crippen LogP contribution in [0.1, 0.15) is 31.5 Å². The smallest absolute Gasteiger partial charge is 0.245 e. The highest BCUT2D eigenvalue weighted by Crippen LogP contribution is 2.29. The van der Waals surface area contributed by atoms with Crippen LogP contribution in [0.3, 0.4) is 0 Å². The molecule has 2 atom stereocenters. The van der Waals surface area contributed by atoms with Crippen LogP contribution in [-0.4, -0.2) is 29.9 Å². The summed E-state index contributed by atoms with van der Waals surface area (Å²) in [6.45, 7) is 3.72. The van der Waals surface area contributed by atoms with Crippen molar-refractivity contribution in [2.75, 3.05) is 14.2 Å². The Labute approximate surface area is 130 Å². The van der Waals surface area contributed by atoms with E-state index in [0.29, 0.717) is 11.5 Å². The Morgan fingerprint density at radius 2 is 2.05 bits per heavy atom. The molecule has 22 heavy (non-hydrogen) atoms. The van der Waals surface area contributed by atoms with Crippen LogP contribution in [0, 0.1) is 0 Å². The van der Waals surface area contributed by atoms with E-state index in [-0.39, 0.29) is 18.0 Å². The molecule has 6 heteroatoms. The highest BCUT2D eigenvalue weighted by Gasteiger charge is 2.20. The number of nitrogens with zero attached hydrogens (tertiary/aromatic N) is 2. The SMILES string of the molecule is COc1ccc([C@@H](C)NC(=O)[C@@H](C)n2cccn2)c(OC)c1. The summed E-state index contributed by atoms with van der Waals surface area (Å²) in [5.41, 5.74) is 0.893. The largest absolute Gasteiger partial charge is 0.497 e. The van der Waals surface area contributed by atoms with Gasteiger partial charge in [-0.1, -0.05) is 0 Å². The molecule has 1 N–H and O–H groups in total. The zero-order valence-corrected chi connectivity index (χ0v) is 13.2. The molecule has 0 radical (unpaired) electrons. The molecule has 0 aliphatic rings. The highest BCUT2D eigenvalue weighted by atomic mass is 16.5. The van der Waals surface area contributed by atoms with Gasteiger partial charge in [0.1, 0.15) is 17.5 Å². The fourth-order valence-corrected chi connectivity index (χ4v) is 2.22. The van der Waals surface area contributed by atoms with Gasteiger partial charge in [0.05, 0.1) is 20.3 Å². The van der Waals surface area contributed by atoms with E-state index >= 15 is 0 Å². The molecule has 1 amide bonds. The Morgan fingerprint density at radius 3 is 2.64 bits per heavy atom. The summed E-state index contributed by atoms with van der Waals surface area (Å²) in [6.07, 6.45) is 3.42. The van der Waals surface area contributed by atoms with Gasteiger partial charge in [-0.05, 0) is 32.0 Å². The fourth-order valence-electron chi connectivity index (χ4n) is 2.22. The molecule has 1 aromatic heterocycles. The minimum atomic E-state index is -0.373. The number of methoxy groups -OCH3 is 2. The lowest BCUT2D eigenvalue weighted by atomic mass is 10.1. The van der Waals surface area contributed by atoms with E-state index in [1.807, 2.05) is 19.1 Å². The van der Waals surface area contributed by atoms with Crippen LogP contribution in [0.4, 0.5) is 0 Å². The van der Waals surface area contributed by atoms with Gasteiger partial charge >= 0.3 is 0 Å². The van der Waals surface area contributed by atoms with Crippen LogP contribution in [0.25, 0.3) is 0 Å². The molecule has 0 aliphatic carbocycles. The zero-order chi connectivity index (χ0) is 16.1. The Hall–Kier alpha value is -2.50. The van der Waals surface area contributed by atoms with Crippen molar-refractivity contribution < 1.29 is 14.3 Å². The first-order valence-electron chi connectivity index (χ1n) is 7.08. The molecule has 1 heterocycles. The third-order valence-corrected chi connectivity index (χ3v) is 3.57. The summed E-state index contributed by atoms with van der Waals surface area (Å²) in [7, 11) is 3.20. The molecule has 0 spiro atoms. The van der Waals surface area contributed by atoms with Crippen molar-refractivity contribution in [3.63, 3.8) is 0 Å². The quantitative estimate of drug-likeness (QED) is 0.889. The summed E-state index contributed by atoms with van der Waals surface area (Å²) in [5, 5.41) is 7.06. The molecule has 0 bridgehead atoms. The van der Waals surface area contributed by atoms with Gasteiger partial charge in [0.2, 0.25) is 5.91 Å². The molecule has 0 saturated carbocycles. The molecule has 2 aromatic rings. The van der Waals surface area contributed by atoms with E-state index in [9.17, 15) is 4.79 Å². The number of carbonyl (C=O) groups excluding carboxylic acids is 1. The van der Waals surface area contributed by atoms with Crippen LogP contribution in [0.15, 0.2) is 36.7 Å². The Balaban J connectivity index is 2.11. The van der Waals surface area contributed by atoms with Crippen molar-refractivity contribution in [2.24, 2.45) is 0 Å². The van der Waals surface area contributed by atoms with Crippen LogP contribution in [0.2, 0.25) is 0 Å². The summed E-state index contributed by atoms with van der Waals surface area (Å²) < 4.78 is 12.2. The summed E-state index contributed by atoms with van der Waals surface area (Å²) >= 11 is 0. The van der Waals surface area contributed by atoms with E-state index in [1.165, 1.54) is 0 Å². The molecule has 0 fully saturated rings. The van der Waals surface area contributed by atoms with Gasteiger partial charge < -0.3 is 14.8 Å². The first-order chi connectivity index (χ1) is 10.6. The zero-order valence-electron chi connectivity index (χ0n) is 13.2. The molecular formula is C16H21N3O3. The molecule has 0 aliphatic heterocycles. The van der Waals surface area contributed by atoms with Crippen LogP contribution in [0.5, 0.6) is 11.5 Å². The Bertz CT molecular complexity index is 626. The minimum Gasteiger partial charge on any atom is -0.497 e. The molecule has 6 nitrogen and oxygen atoms in total. The number of amides is 1. The second-order valence-corrected chi connectivity index (χ2v) is 5.00. The number of ether oxygens (including phenoxy) is 2. The van der Waals surface area contributed by atoms with Gasteiger partial charge in [0.25, 0.3) is 0 Å². The van der Waals surface area contributed by atoms with E-state index in [1.54, 1.807) is 50.4 Å². The number of carbonyl (C=O) groups is 1. The Kier molecular flexibility index (Phi) is 5.04. The average Bonchev–Trinajstić information content (AvgIpc) is 3.07. The molecule has 0 saturated heterocycles. The van der Waals surface area contributed by atoms with Crippen LogP contribution in [-0.2, 0) is 4.79 Å². The molecule has 118 valence electrons. The first kappa shape index (κ1) is 15.9. The van der Waals surface area contributed by atoms with Gasteiger partial charge in [0, 0.05) is 24.0 Å². The van der Waals surface area contributed by atoms with Crippen LogP contribution >= 0.6 is 0 Å². The van der Waals surface area contributed by atoms with E-state index in [0.717, 1.165) is 5.56 Å². The maximum Gasteiger partial charge on any atom is 0.245 e. The van der Waals surface area contributed by atoms with Crippen molar-refractivity contribution in [3.05, 3.63) is 42.2 Å². The van der Waals surface area contributed by atoms with Crippen molar-refractivity contribution in [3.8, 4) is 11.5 Å². The maximum atomic E-state index is 12.3. The van der Waals surface area contributed by atoms with Gasteiger partial charge in [-0.2, -0.15) is 5.10 Å². The number of hydrogen-bond donors (Lipinski definition) is 1. The average molecular weight is 303 g/mol. The number of rotatable bonds is 6. The summed E-state index contributed by atoms with van der Waals surface area (Å²) in [5.74, 6) is 1.29. The number of benzene rings is 1. The number of nitrogens with one attached hydrogen (secondary N) is 1. The minimum absolute atomic E-state index is 0.103. The van der Waals surface area contributed by atoms with Gasteiger partial charge in [0.15, 0.2) is 0 Å². The van der Waals surface area contributed by atoms with Crippen molar-refractivity contribution >= 4 is 5.91 Å². The third kappa shape index (κ3) is 3.39. The standard InChI is InChI=1S/C16H21N3O3/c1-11(14-7-6-13(21-3)10-15(14)22-4)18-16(20)12(2)19-9-5-8-17-19/h5-12H,1-4H3,(H,18,20)/t11-,12-/m1/s1. The molecule has 0 unspecified atom stereocenters. The Morgan fingerprint density at radius 1 is 1.27 bits per heavy atom. The second kappa shape index (κ2) is 6.98. The lowest BCUT2D eigenvalue weighted by Gasteiger charge is -2.20. The van der Waals surface area contributed by atoms with Crippen molar-refractivity contribution in [1.82, 2.24) is 15.1 Å². The summed E-state index contributed by atoms with van der Waals surface area (Å²) in [4.78, 5) is 12.3. The second-order valence-electron chi connectivity index (χ2n) is 5.00. The van der Waals surface area contributed by atoms with Crippen molar-refractivity contribution in [1.29, 1.82) is 0 Å². The van der Waals surface area contributed by atoms with Gasteiger partial charge in [-0.15, -0.1) is 0 Å². The molecule has 1 aromatic carbocycles. The molecular weight excluding hydrogens is 282 g/mol. The highest BCUT2D eigenvalue weighted by molar-refractivity contribution is 5.80. The third-order valence-electron chi connectivity index (χ3n) is 3.57. The van der Waals surface area contributed by atoms with E-state index < -0.39 is 0 Å². The normalized spacial score (nSPS) is 13.3. The van der Waals surface area contributed by atoms with Gasteiger partial charge in [-0.25, -0.2) is 0 Å². The lowest BCUT2D eigenvalue weighted by Crippen LogP contribution is -2.33. The topological polar surface area (TPSA) is 65.4 Å². The lowest BCUT2D eigenvalue weighted by molar-refractivity contribution is -0.124. The molecule has 2 rings (SSSR count). The summed E-state index contributed by atoms with van der Waals surface area (Å²) in [6, 6.07) is 6.76. The maximum absolute atomic E-state index is 12.3. The number of aromatic nitrogens is 2. The van der Waals surface area contributed by atoms with Crippen LogP contribution < -0.4 is 14.8 Å². The van der Waals surface area contributed by atoms with Crippen molar-refractivity contribution in [2.45, 2.75) is 25.9 Å². The van der Waals surface area contributed by atoms with Gasteiger partial charge in [-0.3, -0.25) is 9.48 Å². The predicted octanol–water partition coefficient (Wildman–Crippen LogP) is 2.34. The number of hydrogen-bond acceptors (Lipinski definition) is 4. The van der Waals surface area contributed by atoms with E-state index in [4.69, 9.17) is 9.47 Å². The monoisotopic (exact) mass is 303 g/mol. The fraction of sp³-hybridized carbons (Fsp3) is 0.375. The predicted molar refractivity (Wildman–Crippen MR) is 83.0 cm³/mol. The first-order valence-corrected chi connectivity index (χ1v) is 7.08.